The van der Waals surface area contributed by atoms with Crippen LogP contribution in [0.4, 0.5) is 11.6 Å². The molecule has 0 bridgehead atoms. The van der Waals surface area contributed by atoms with Crippen LogP contribution in [-0.4, -0.2) is 26.6 Å². The van der Waals surface area contributed by atoms with E-state index < -0.39 is 11.4 Å². The fourth-order valence-electron chi connectivity index (χ4n) is 5.15. The zero-order valence-electron chi connectivity index (χ0n) is 21.8. The Morgan fingerprint density at radius 3 is 2.50 bits per heavy atom. The van der Waals surface area contributed by atoms with Crippen molar-refractivity contribution in [3.8, 4) is 11.1 Å². The molecule has 8 heteroatoms. The quantitative estimate of drug-likeness (QED) is 0.208. The molecular formula is C30H34ClN5OS. The molecule has 1 unspecified atom stereocenters. The highest BCUT2D eigenvalue weighted by atomic mass is 35.5. The van der Waals surface area contributed by atoms with E-state index in [-0.39, 0.29) is 0 Å². The van der Waals surface area contributed by atoms with Gasteiger partial charge >= 0.3 is 0 Å². The van der Waals surface area contributed by atoms with E-state index in [0.717, 1.165) is 66.2 Å². The fourth-order valence-corrected chi connectivity index (χ4v) is 6.39. The van der Waals surface area contributed by atoms with Crippen molar-refractivity contribution in [2.45, 2.75) is 69.4 Å². The molecule has 198 valence electrons. The van der Waals surface area contributed by atoms with Crippen molar-refractivity contribution in [3.63, 3.8) is 0 Å². The maximum atomic E-state index is 12.9. The van der Waals surface area contributed by atoms with Gasteiger partial charge in [-0.2, -0.15) is 0 Å². The molecule has 1 aromatic heterocycles. The van der Waals surface area contributed by atoms with Crippen LogP contribution in [0.15, 0.2) is 65.7 Å². The molecule has 4 N–H and O–H groups in total. The van der Waals surface area contributed by atoms with Gasteiger partial charge in [0, 0.05) is 23.7 Å². The van der Waals surface area contributed by atoms with E-state index in [0.29, 0.717) is 28.0 Å². The van der Waals surface area contributed by atoms with Crippen LogP contribution in [-0.2, 0) is 24.2 Å². The van der Waals surface area contributed by atoms with Crippen LogP contribution < -0.4 is 15.8 Å². The number of aromatic nitrogens is 2. The van der Waals surface area contributed by atoms with Crippen molar-refractivity contribution in [2.24, 2.45) is 5.73 Å². The highest BCUT2D eigenvalue weighted by Gasteiger charge is 2.20. The first-order chi connectivity index (χ1) is 18.4. The lowest BCUT2D eigenvalue weighted by Crippen LogP contribution is -2.33. The Bertz CT molecular complexity index is 1420. The van der Waals surface area contributed by atoms with Crippen molar-refractivity contribution in [1.82, 2.24) is 9.97 Å². The van der Waals surface area contributed by atoms with Gasteiger partial charge in [-0.15, -0.1) is 0 Å². The second kappa shape index (κ2) is 11.9. The standard InChI is InChI=1S/C30H34ClN5OS/c1-3-19-17-25(36-38(37)28-8-6-5-7-27(28)31)13-14-26(19)21-15-20(4-2)29-22(16-21)18-33-30(35-29)34-24-11-9-23(32)10-12-24/h5-8,13-18,23-24,36H,3-4,9-12,32H2,1-2H3,(H,33,34,35)/t23-,24-,38?. The predicted molar refractivity (Wildman–Crippen MR) is 159 cm³/mol. The largest absolute Gasteiger partial charge is 0.588 e. The Hall–Kier alpha value is -2.84. The number of nitrogens with two attached hydrogens (primary N) is 1. The maximum absolute atomic E-state index is 12.9. The topological polar surface area (TPSA) is 98.9 Å². The Morgan fingerprint density at radius 1 is 1.00 bits per heavy atom. The summed E-state index contributed by atoms with van der Waals surface area (Å²) >= 11 is 4.79. The van der Waals surface area contributed by atoms with Gasteiger partial charge in [-0.1, -0.05) is 43.6 Å². The molecule has 1 aliphatic rings. The lowest BCUT2D eigenvalue weighted by molar-refractivity contribution is 0.410. The Kier molecular flexibility index (Phi) is 8.39. The summed E-state index contributed by atoms with van der Waals surface area (Å²) in [5.41, 5.74) is 12.5. The van der Waals surface area contributed by atoms with E-state index in [1.54, 1.807) is 12.1 Å². The molecule has 5 rings (SSSR count). The average molecular weight is 548 g/mol. The molecule has 1 atom stereocenters. The van der Waals surface area contributed by atoms with Gasteiger partial charge < -0.3 is 15.6 Å². The lowest BCUT2D eigenvalue weighted by Gasteiger charge is -2.26. The third kappa shape index (κ3) is 5.91. The second-order valence-electron chi connectivity index (χ2n) is 9.90. The Balaban J connectivity index is 1.41. The molecule has 0 radical (unpaired) electrons. The van der Waals surface area contributed by atoms with Crippen LogP contribution in [0, 0.1) is 0 Å². The first-order valence-corrected chi connectivity index (χ1v) is 14.9. The number of aryl methyl sites for hydroxylation is 2. The van der Waals surface area contributed by atoms with Crippen LogP contribution in [0.25, 0.3) is 22.0 Å². The van der Waals surface area contributed by atoms with Crippen molar-refractivity contribution in [3.05, 3.63) is 76.9 Å². The Labute approximate surface area is 232 Å². The number of hydrogen-bond donors (Lipinski definition) is 3. The van der Waals surface area contributed by atoms with E-state index >= 15 is 0 Å². The van der Waals surface area contributed by atoms with Gasteiger partial charge in [0.2, 0.25) is 5.95 Å². The molecule has 1 saturated carbocycles. The summed E-state index contributed by atoms with van der Waals surface area (Å²) in [7, 11) is 0. The zero-order chi connectivity index (χ0) is 26.6. The van der Waals surface area contributed by atoms with Gasteiger partial charge in [-0.3, -0.25) is 0 Å². The number of nitrogens with one attached hydrogen (secondary N) is 2. The minimum absolute atomic E-state index is 0.318. The van der Waals surface area contributed by atoms with Gasteiger partial charge in [0.05, 0.1) is 16.2 Å². The number of halogens is 1. The molecule has 38 heavy (non-hydrogen) atoms. The first-order valence-electron chi connectivity index (χ1n) is 13.3. The normalized spacial score (nSPS) is 18.3. The average Bonchev–Trinajstić information content (AvgIpc) is 2.93. The molecule has 0 spiro atoms. The number of rotatable bonds is 8. The third-order valence-electron chi connectivity index (χ3n) is 7.29. The number of nitrogens with zero attached hydrogens (tertiary/aromatic N) is 2. The van der Waals surface area contributed by atoms with E-state index in [1.165, 1.54) is 11.1 Å². The minimum Gasteiger partial charge on any atom is -0.588 e. The van der Waals surface area contributed by atoms with Crippen LogP contribution in [0.5, 0.6) is 0 Å². The molecule has 1 fully saturated rings. The van der Waals surface area contributed by atoms with Gasteiger partial charge in [-0.05, 0) is 97.2 Å². The van der Waals surface area contributed by atoms with Crippen molar-refractivity contribution in [2.75, 3.05) is 10.0 Å². The zero-order valence-corrected chi connectivity index (χ0v) is 23.4. The first kappa shape index (κ1) is 26.8. The van der Waals surface area contributed by atoms with Gasteiger partial charge in [0.25, 0.3) is 0 Å². The summed E-state index contributed by atoms with van der Waals surface area (Å²) in [6.07, 6.45) is 7.83. The second-order valence-corrected chi connectivity index (χ2v) is 11.5. The highest BCUT2D eigenvalue weighted by molar-refractivity contribution is 7.92. The van der Waals surface area contributed by atoms with E-state index in [4.69, 9.17) is 22.3 Å². The maximum Gasteiger partial charge on any atom is 0.223 e. The molecule has 6 nitrogen and oxygen atoms in total. The van der Waals surface area contributed by atoms with Crippen molar-refractivity contribution >= 4 is 45.5 Å². The smallest absolute Gasteiger partial charge is 0.223 e. The summed E-state index contributed by atoms with van der Waals surface area (Å²) in [5, 5.41) is 5.04. The predicted octanol–water partition coefficient (Wildman–Crippen LogP) is 6.89. The van der Waals surface area contributed by atoms with Gasteiger partial charge in [0.1, 0.15) is 11.4 Å². The molecule has 0 amide bonds. The van der Waals surface area contributed by atoms with E-state index in [2.05, 4.69) is 53.1 Å². The number of fused-ring (bicyclic) bond motifs is 1. The molecule has 0 saturated heterocycles. The Morgan fingerprint density at radius 2 is 1.76 bits per heavy atom. The van der Waals surface area contributed by atoms with E-state index in [9.17, 15) is 4.55 Å². The summed E-state index contributed by atoms with van der Waals surface area (Å²) in [4.78, 5) is 10.1. The monoisotopic (exact) mass is 547 g/mol. The van der Waals surface area contributed by atoms with Gasteiger partial charge in [-0.25, -0.2) is 14.7 Å². The van der Waals surface area contributed by atoms with Crippen LogP contribution in [0.2, 0.25) is 5.02 Å². The van der Waals surface area contributed by atoms with Crippen LogP contribution >= 0.6 is 11.6 Å². The van der Waals surface area contributed by atoms with Crippen LogP contribution in [0.1, 0.15) is 50.7 Å². The summed E-state index contributed by atoms with van der Waals surface area (Å²) in [5.74, 6) is 0.691. The molecule has 4 aromatic rings. The SMILES string of the molecule is CCc1cc(N[S+]([O-])c2ccccc2Cl)ccc1-c1cc(CC)c2nc(N[C@H]3CC[C@H](N)CC3)ncc2c1. The summed E-state index contributed by atoms with van der Waals surface area (Å²) in [6, 6.07) is 18.4. The minimum atomic E-state index is -1.45. The molecular weight excluding hydrogens is 514 g/mol. The van der Waals surface area contributed by atoms with Crippen LogP contribution in [0.3, 0.4) is 0 Å². The van der Waals surface area contributed by atoms with Crippen molar-refractivity contribution in [1.29, 1.82) is 0 Å². The fraction of sp³-hybridized carbons (Fsp3) is 0.333. The number of anilines is 2. The summed E-state index contributed by atoms with van der Waals surface area (Å²) < 4.78 is 16.0. The third-order valence-corrected chi connectivity index (χ3v) is 8.91. The molecule has 1 aliphatic carbocycles. The lowest BCUT2D eigenvalue weighted by atomic mass is 9.92. The van der Waals surface area contributed by atoms with Crippen molar-refractivity contribution < 1.29 is 4.55 Å². The van der Waals surface area contributed by atoms with E-state index in [1.807, 2.05) is 24.4 Å². The molecule has 0 aliphatic heterocycles. The molecule has 1 heterocycles. The summed E-state index contributed by atoms with van der Waals surface area (Å²) in [6.45, 7) is 4.29. The van der Waals surface area contributed by atoms with Gasteiger partial charge in [0.15, 0.2) is 4.90 Å². The number of benzene rings is 3. The molecule has 3 aromatic carbocycles. The number of hydrogen-bond acceptors (Lipinski definition) is 6. The highest BCUT2D eigenvalue weighted by Crippen LogP contribution is 2.33.